The molecule has 3 aromatic rings. The van der Waals surface area contributed by atoms with Crippen LogP contribution in [0.15, 0.2) is 42.7 Å². The Hall–Kier alpha value is -2.90. The summed E-state index contributed by atoms with van der Waals surface area (Å²) in [5.74, 6) is -1.60. The van der Waals surface area contributed by atoms with Crippen LogP contribution >= 0.6 is 0 Å². The van der Waals surface area contributed by atoms with E-state index >= 15 is 0 Å². The Morgan fingerprint density at radius 2 is 1.97 bits per heavy atom. The molecule has 0 N–H and O–H groups in total. The van der Waals surface area contributed by atoms with Crippen molar-refractivity contribution in [3.63, 3.8) is 0 Å². The first-order valence-electron chi connectivity index (χ1n) is 9.30. The molecule has 1 amide bonds. The summed E-state index contributed by atoms with van der Waals surface area (Å²) in [6, 6.07) is 7.91. The van der Waals surface area contributed by atoms with Crippen LogP contribution in [0, 0.1) is 5.82 Å². The number of amides is 1. The van der Waals surface area contributed by atoms with Crippen LogP contribution in [0.25, 0.3) is 11.0 Å². The van der Waals surface area contributed by atoms with Gasteiger partial charge in [-0.05, 0) is 48.7 Å². The van der Waals surface area contributed by atoms with Gasteiger partial charge in [-0.2, -0.15) is 13.2 Å². The van der Waals surface area contributed by atoms with E-state index in [4.69, 9.17) is 0 Å². The minimum absolute atomic E-state index is 0.0580. The Morgan fingerprint density at radius 1 is 1.17 bits per heavy atom. The number of alkyl halides is 3. The highest BCUT2D eigenvalue weighted by atomic mass is 19.4. The summed E-state index contributed by atoms with van der Waals surface area (Å²) in [5.41, 5.74) is 1.47. The second-order valence-corrected chi connectivity index (χ2v) is 7.42. The normalized spacial score (nSPS) is 17.7. The van der Waals surface area contributed by atoms with Gasteiger partial charge in [-0.3, -0.25) is 4.79 Å². The molecular formula is C21H19F4N3O. The topological polar surface area (TPSA) is 38.1 Å². The van der Waals surface area contributed by atoms with Gasteiger partial charge < -0.3 is 9.47 Å². The monoisotopic (exact) mass is 405 g/mol. The Kier molecular flexibility index (Phi) is 4.80. The van der Waals surface area contributed by atoms with E-state index in [2.05, 4.69) is 4.98 Å². The lowest BCUT2D eigenvalue weighted by Gasteiger charge is -2.33. The predicted molar refractivity (Wildman–Crippen MR) is 100.0 cm³/mol. The third kappa shape index (κ3) is 3.83. The highest BCUT2D eigenvalue weighted by Crippen LogP contribution is 2.32. The van der Waals surface area contributed by atoms with Crippen molar-refractivity contribution in [3.05, 3.63) is 65.2 Å². The predicted octanol–water partition coefficient (Wildman–Crippen LogP) is 4.75. The number of nitrogens with zero attached hydrogens (tertiary/aromatic N) is 3. The van der Waals surface area contributed by atoms with Crippen molar-refractivity contribution < 1.29 is 22.4 Å². The number of aryl methyl sites for hydroxylation is 1. The van der Waals surface area contributed by atoms with Crippen molar-refractivity contribution in [2.24, 2.45) is 7.05 Å². The van der Waals surface area contributed by atoms with Crippen molar-refractivity contribution >= 4 is 16.9 Å². The number of piperidine rings is 1. The third-order valence-electron chi connectivity index (χ3n) is 5.40. The zero-order valence-electron chi connectivity index (χ0n) is 15.7. The average molecular weight is 405 g/mol. The molecule has 4 rings (SSSR count). The molecule has 2 heterocycles. The largest absolute Gasteiger partial charge is 0.416 e. The summed E-state index contributed by atoms with van der Waals surface area (Å²) < 4.78 is 54.5. The van der Waals surface area contributed by atoms with Gasteiger partial charge in [-0.25, -0.2) is 9.37 Å². The standard InChI is InChI=1S/C21H19F4N3O/c1-27-12-26-18-5-4-13(9-19(18)27)14-3-2-6-28(11-14)20(29)15-7-16(21(23,24)25)10-17(22)8-15/h4-5,7-10,12,14H,2-3,6,11H2,1H3. The molecule has 1 fully saturated rings. The first kappa shape index (κ1) is 19.4. The molecule has 0 spiro atoms. The molecule has 0 saturated carbocycles. The lowest BCUT2D eigenvalue weighted by Crippen LogP contribution is -2.39. The zero-order chi connectivity index (χ0) is 20.8. The Bertz CT molecular complexity index is 1070. The van der Waals surface area contributed by atoms with Gasteiger partial charge in [-0.15, -0.1) is 0 Å². The molecule has 1 saturated heterocycles. The minimum Gasteiger partial charge on any atom is -0.338 e. The highest BCUT2D eigenvalue weighted by molar-refractivity contribution is 5.94. The molecule has 29 heavy (non-hydrogen) atoms. The van der Waals surface area contributed by atoms with Crippen LogP contribution < -0.4 is 0 Å². The van der Waals surface area contributed by atoms with Crippen molar-refractivity contribution in [1.29, 1.82) is 0 Å². The van der Waals surface area contributed by atoms with Gasteiger partial charge in [0, 0.05) is 31.6 Å². The number of halogens is 4. The molecule has 1 aliphatic heterocycles. The molecule has 1 aromatic heterocycles. The van der Waals surface area contributed by atoms with E-state index in [0.717, 1.165) is 41.6 Å². The first-order valence-corrected chi connectivity index (χ1v) is 9.30. The number of fused-ring (bicyclic) bond motifs is 1. The first-order chi connectivity index (χ1) is 13.7. The molecule has 1 atom stereocenters. The van der Waals surface area contributed by atoms with Crippen LogP contribution in [0.2, 0.25) is 0 Å². The number of benzene rings is 2. The summed E-state index contributed by atoms with van der Waals surface area (Å²) in [4.78, 5) is 18.6. The highest BCUT2D eigenvalue weighted by Gasteiger charge is 2.33. The van der Waals surface area contributed by atoms with Gasteiger partial charge in [-0.1, -0.05) is 6.07 Å². The van der Waals surface area contributed by atoms with E-state index in [1.807, 2.05) is 29.8 Å². The van der Waals surface area contributed by atoms with Crippen LogP contribution in [0.1, 0.15) is 40.2 Å². The van der Waals surface area contributed by atoms with E-state index in [-0.39, 0.29) is 11.5 Å². The number of hydrogen-bond donors (Lipinski definition) is 0. The van der Waals surface area contributed by atoms with E-state index in [1.165, 1.54) is 4.90 Å². The molecule has 0 aliphatic carbocycles. The molecule has 4 nitrogen and oxygen atoms in total. The fourth-order valence-electron chi connectivity index (χ4n) is 3.89. The lowest BCUT2D eigenvalue weighted by atomic mass is 9.90. The number of carbonyl (C=O) groups excluding carboxylic acids is 1. The van der Waals surface area contributed by atoms with E-state index in [1.54, 1.807) is 6.33 Å². The van der Waals surface area contributed by atoms with E-state index < -0.39 is 23.5 Å². The zero-order valence-corrected chi connectivity index (χ0v) is 15.7. The fraction of sp³-hybridized carbons (Fsp3) is 0.333. The molecule has 2 aromatic carbocycles. The Labute approximate surface area is 164 Å². The molecular weight excluding hydrogens is 386 g/mol. The summed E-state index contributed by atoms with van der Waals surface area (Å²) in [5, 5.41) is 0. The number of rotatable bonds is 2. The number of imidazole rings is 1. The van der Waals surface area contributed by atoms with Crippen molar-refractivity contribution in [3.8, 4) is 0 Å². The quantitative estimate of drug-likeness (QED) is 0.577. The van der Waals surface area contributed by atoms with Gasteiger partial charge >= 0.3 is 6.18 Å². The van der Waals surface area contributed by atoms with Crippen molar-refractivity contribution in [2.45, 2.75) is 24.9 Å². The maximum atomic E-state index is 13.7. The maximum Gasteiger partial charge on any atom is 0.416 e. The number of likely N-dealkylation sites (tertiary alicyclic amines) is 1. The minimum atomic E-state index is -4.71. The van der Waals surface area contributed by atoms with Crippen LogP contribution in [0.3, 0.4) is 0 Å². The summed E-state index contributed by atoms with van der Waals surface area (Å²) in [6.07, 6.45) is -1.39. The second kappa shape index (κ2) is 7.17. The second-order valence-electron chi connectivity index (χ2n) is 7.42. The molecule has 0 radical (unpaired) electrons. The van der Waals surface area contributed by atoms with Crippen LogP contribution in [-0.2, 0) is 13.2 Å². The van der Waals surface area contributed by atoms with Gasteiger partial charge in [0.1, 0.15) is 5.82 Å². The molecule has 1 aliphatic rings. The van der Waals surface area contributed by atoms with Crippen LogP contribution in [0.5, 0.6) is 0 Å². The molecule has 1 unspecified atom stereocenters. The maximum absolute atomic E-state index is 13.7. The number of hydrogen-bond acceptors (Lipinski definition) is 2. The summed E-state index contributed by atoms with van der Waals surface area (Å²) in [6.45, 7) is 0.807. The van der Waals surface area contributed by atoms with Gasteiger partial charge in [0.05, 0.1) is 22.9 Å². The number of carbonyl (C=O) groups is 1. The molecule has 152 valence electrons. The van der Waals surface area contributed by atoms with Crippen LogP contribution in [0.4, 0.5) is 17.6 Å². The van der Waals surface area contributed by atoms with Crippen molar-refractivity contribution in [2.75, 3.05) is 13.1 Å². The molecule has 8 heteroatoms. The Morgan fingerprint density at radius 3 is 2.72 bits per heavy atom. The Balaban J connectivity index is 1.58. The smallest absolute Gasteiger partial charge is 0.338 e. The van der Waals surface area contributed by atoms with Gasteiger partial charge in [0.15, 0.2) is 0 Å². The summed E-state index contributed by atoms with van der Waals surface area (Å²) >= 11 is 0. The SMILES string of the molecule is Cn1cnc2ccc(C3CCCN(C(=O)c4cc(F)cc(C(F)(F)F)c4)C3)cc21. The third-order valence-corrected chi connectivity index (χ3v) is 5.40. The van der Waals surface area contributed by atoms with Gasteiger partial charge in [0.25, 0.3) is 5.91 Å². The lowest BCUT2D eigenvalue weighted by molar-refractivity contribution is -0.137. The molecule has 0 bridgehead atoms. The fourth-order valence-corrected chi connectivity index (χ4v) is 3.89. The van der Waals surface area contributed by atoms with Crippen molar-refractivity contribution in [1.82, 2.24) is 14.5 Å². The average Bonchev–Trinajstić information content (AvgIpc) is 3.06. The summed E-state index contributed by atoms with van der Waals surface area (Å²) in [7, 11) is 1.90. The van der Waals surface area contributed by atoms with E-state index in [9.17, 15) is 22.4 Å². The van der Waals surface area contributed by atoms with Gasteiger partial charge in [0.2, 0.25) is 0 Å². The van der Waals surface area contributed by atoms with Crippen LogP contribution in [-0.4, -0.2) is 33.4 Å². The number of aromatic nitrogens is 2. The van der Waals surface area contributed by atoms with E-state index in [0.29, 0.717) is 19.2 Å².